The van der Waals surface area contributed by atoms with Gasteiger partial charge in [0, 0.05) is 12.6 Å². The molecule has 0 saturated carbocycles. The fraction of sp³-hybridized carbons (Fsp3) is 0.375. The summed E-state index contributed by atoms with van der Waals surface area (Å²) in [5.74, 6) is 0.163. The zero-order valence-electron chi connectivity index (χ0n) is 12.6. The monoisotopic (exact) mass is 305 g/mol. The van der Waals surface area contributed by atoms with Gasteiger partial charge in [-0.2, -0.15) is 0 Å². The van der Waals surface area contributed by atoms with Crippen LogP contribution in [0.3, 0.4) is 0 Å². The molecule has 22 heavy (non-hydrogen) atoms. The van der Waals surface area contributed by atoms with Gasteiger partial charge in [-0.15, -0.1) is 0 Å². The molecule has 1 N–H and O–H groups in total. The molecule has 118 valence electrons. The number of aliphatic carboxylic acids is 1. The number of amides is 1. The molecule has 0 aliphatic carbocycles. The van der Waals surface area contributed by atoms with Crippen LogP contribution in [0.4, 0.5) is 0 Å². The molecular formula is C16H19NO5. The molecule has 1 amide bonds. The summed E-state index contributed by atoms with van der Waals surface area (Å²) in [7, 11) is 0. The smallest absolute Gasteiger partial charge is 0.323 e. The van der Waals surface area contributed by atoms with Crippen LogP contribution in [0.15, 0.2) is 24.3 Å². The summed E-state index contributed by atoms with van der Waals surface area (Å²) in [6.45, 7) is 4.16. The maximum atomic E-state index is 12.1. The Morgan fingerprint density at radius 3 is 2.73 bits per heavy atom. The van der Waals surface area contributed by atoms with Crippen molar-refractivity contribution in [2.75, 3.05) is 19.9 Å². The summed E-state index contributed by atoms with van der Waals surface area (Å²) in [6.07, 6.45) is 3.02. The molecule has 0 spiro atoms. The van der Waals surface area contributed by atoms with E-state index in [9.17, 15) is 9.59 Å². The number of fused-ring (bicyclic) bond motifs is 1. The van der Waals surface area contributed by atoms with Gasteiger partial charge >= 0.3 is 5.97 Å². The van der Waals surface area contributed by atoms with Gasteiger partial charge in [0.1, 0.15) is 6.54 Å². The number of benzene rings is 1. The highest BCUT2D eigenvalue weighted by molar-refractivity contribution is 5.93. The Morgan fingerprint density at radius 1 is 1.32 bits per heavy atom. The predicted molar refractivity (Wildman–Crippen MR) is 80.7 cm³/mol. The molecule has 6 nitrogen and oxygen atoms in total. The van der Waals surface area contributed by atoms with Crippen molar-refractivity contribution in [1.29, 1.82) is 0 Å². The molecule has 6 heteroatoms. The van der Waals surface area contributed by atoms with Crippen LogP contribution in [0.25, 0.3) is 6.08 Å². The van der Waals surface area contributed by atoms with Gasteiger partial charge in [-0.1, -0.05) is 19.9 Å². The second-order valence-corrected chi connectivity index (χ2v) is 5.45. The molecule has 1 heterocycles. The lowest BCUT2D eigenvalue weighted by Gasteiger charge is -2.21. The largest absolute Gasteiger partial charge is 0.480 e. The SMILES string of the molecule is CC(C)CN(CC(=O)O)C(=O)/C=C/c1ccc2c(c1)OCO2. The van der Waals surface area contributed by atoms with E-state index in [2.05, 4.69) is 0 Å². The van der Waals surface area contributed by atoms with Crippen molar-refractivity contribution < 1.29 is 24.2 Å². The minimum atomic E-state index is -1.02. The zero-order valence-corrected chi connectivity index (χ0v) is 12.6. The standard InChI is InChI=1S/C16H19NO5/c1-11(2)8-17(9-16(19)20)15(18)6-4-12-3-5-13-14(7-12)22-10-21-13/h3-7,11H,8-10H2,1-2H3,(H,19,20)/b6-4+. The van der Waals surface area contributed by atoms with Crippen LogP contribution in [0.1, 0.15) is 19.4 Å². The molecule has 0 aromatic heterocycles. The Labute approximate surface area is 128 Å². The number of carboxylic acid groups (broad SMARTS) is 1. The van der Waals surface area contributed by atoms with Crippen LogP contribution in [0.2, 0.25) is 0 Å². The number of carboxylic acids is 1. The normalized spacial score (nSPS) is 12.9. The van der Waals surface area contributed by atoms with Gasteiger partial charge in [0.05, 0.1) is 0 Å². The summed E-state index contributed by atoms with van der Waals surface area (Å²) in [5, 5.41) is 8.89. The summed E-state index contributed by atoms with van der Waals surface area (Å²) < 4.78 is 10.5. The number of nitrogens with zero attached hydrogens (tertiary/aromatic N) is 1. The first-order chi connectivity index (χ1) is 10.5. The molecule has 0 radical (unpaired) electrons. The molecule has 0 saturated heterocycles. The average molecular weight is 305 g/mol. The average Bonchev–Trinajstić information content (AvgIpc) is 2.90. The topological polar surface area (TPSA) is 76.1 Å². The molecule has 0 bridgehead atoms. The second kappa shape index (κ2) is 6.98. The first-order valence-electron chi connectivity index (χ1n) is 7.04. The van der Waals surface area contributed by atoms with E-state index in [4.69, 9.17) is 14.6 Å². The number of hydrogen-bond acceptors (Lipinski definition) is 4. The molecule has 1 aliphatic heterocycles. The van der Waals surface area contributed by atoms with Crippen molar-refractivity contribution in [3.8, 4) is 11.5 Å². The Kier molecular flexibility index (Phi) is 5.04. The van der Waals surface area contributed by atoms with Crippen molar-refractivity contribution in [3.63, 3.8) is 0 Å². The van der Waals surface area contributed by atoms with Crippen molar-refractivity contribution in [2.45, 2.75) is 13.8 Å². The Hall–Kier alpha value is -2.50. The van der Waals surface area contributed by atoms with E-state index in [0.29, 0.717) is 18.0 Å². The summed E-state index contributed by atoms with van der Waals surface area (Å²) in [4.78, 5) is 24.3. The van der Waals surface area contributed by atoms with E-state index >= 15 is 0 Å². The summed E-state index contributed by atoms with van der Waals surface area (Å²) in [5.41, 5.74) is 0.789. The van der Waals surface area contributed by atoms with Gasteiger partial charge in [0.2, 0.25) is 12.7 Å². The Balaban J connectivity index is 2.06. The highest BCUT2D eigenvalue weighted by Gasteiger charge is 2.16. The molecule has 1 aromatic carbocycles. The van der Waals surface area contributed by atoms with Crippen molar-refractivity contribution >= 4 is 18.0 Å². The Morgan fingerprint density at radius 2 is 2.05 bits per heavy atom. The number of ether oxygens (including phenoxy) is 2. The molecule has 2 rings (SSSR count). The van der Waals surface area contributed by atoms with Gasteiger partial charge in [-0.3, -0.25) is 9.59 Å². The van der Waals surface area contributed by atoms with E-state index in [1.165, 1.54) is 11.0 Å². The van der Waals surface area contributed by atoms with Crippen LogP contribution in [-0.2, 0) is 9.59 Å². The molecule has 1 aliphatic rings. The molecule has 0 atom stereocenters. The van der Waals surface area contributed by atoms with E-state index in [-0.39, 0.29) is 25.2 Å². The third-order valence-corrected chi connectivity index (χ3v) is 3.04. The van der Waals surface area contributed by atoms with Crippen LogP contribution >= 0.6 is 0 Å². The summed E-state index contributed by atoms with van der Waals surface area (Å²) >= 11 is 0. The lowest BCUT2D eigenvalue weighted by molar-refractivity contribution is -0.143. The van der Waals surface area contributed by atoms with Gasteiger partial charge in [-0.05, 0) is 29.7 Å². The van der Waals surface area contributed by atoms with Crippen LogP contribution in [-0.4, -0.2) is 41.8 Å². The predicted octanol–water partition coefficient (Wildman–Crippen LogP) is 2.00. The third-order valence-electron chi connectivity index (χ3n) is 3.04. The van der Waals surface area contributed by atoms with Crippen LogP contribution < -0.4 is 9.47 Å². The zero-order chi connectivity index (χ0) is 16.1. The van der Waals surface area contributed by atoms with Gasteiger partial charge in [0.15, 0.2) is 11.5 Å². The lowest BCUT2D eigenvalue weighted by Crippen LogP contribution is -2.37. The fourth-order valence-electron chi connectivity index (χ4n) is 2.13. The van der Waals surface area contributed by atoms with Gasteiger partial charge < -0.3 is 19.5 Å². The highest BCUT2D eigenvalue weighted by atomic mass is 16.7. The lowest BCUT2D eigenvalue weighted by atomic mass is 10.1. The van der Waals surface area contributed by atoms with Crippen molar-refractivity contribution in [3.05, 3.63) is 29.8 Å². The fourth-order valence-corrected chi connectivity index (χ4v) is 2.13. The minimum absolute atomic E-state index is 0.197. The van der Waals surface area contributed by atoms with E-state index in [0.717, 1.165) is 5.56 Å². The quantitative estimate of drug-likeness (QED) is 0.814. The van der Waals surface area contributed by atoms with E-state index in [1.54, 1.807) is 24.3 Å². The Bertz CT molecular complexity index is 594. The van der Waals surface area contributed by atoms with Crippen molar-refractivity contribution in [1.82, 2.24) is 4.90 Å². The van der Waals surface area contributed by atoms with Crippen LogP contribution in [0.5, 0.6) is 11.5 Å². The third kappa shape index (κ3) is 4.25. The first-order valence-corrected chi connectivity index (χ1v) is 7.04. The molecule has 0 unspecified atom stereocenters. The van der Waals surface area contributed by atoms with Gasteiger partial charge in [-0.25, -0.2) is 0 Å². The number of carbonyl (C=O) groups excluding carboxylic acids is 1. The first kappa shape index (κ1) is 15.9. The second-order valence-electron chi connectivity index (χ2n) is 5.45. The number of hydrogen-bond donors (Lipinski definition) is 1. The maximum absolute atomic E-state index is 12.1. The highest BCUT2D eigenvalue weighted by Crippen LogP contribution is 2.32. The summed E-state index contributed by atoms with van der Waals surface area (Å²) in [6, 6.07) is 5.35. The van der Waals surface area contributed by atoms with E-state index < -0.39 is 5.97 Å². The molecule has 1 aromatic rings. The minimum Gasteiger partial charge on any atom is -0.480 e. The maximum Gasteiger partial charge on any atom is 0.323 e. The number of carbonyl (C=O) groups is 2. The van der Waals surface area contributed by atoms with Gasteiger partial charge in [0.25, 0.3) is 0 Å². The van der Waals surface area contributed by atoms with Crippen molar-refractivity contribution in [2.24, 2.45) is 5.92 Å². The molecular weight excluding hydrogens is 286 g/mol. The van der Waals surface area contributed by atoms with Crippen LogP contribution in [0, 0.1) is 5.92 Å². The number of rotatable bonds is 6. The molecule has 0 fully saturated rings. The van der Waals surface area contributed by atoms with E-state index in [1.807, 2.05) is 13.8 Å².